The van der Waals surface area contributed by atoms with E-state index in [1.165, 1.54) is 31.2 Å². The fraction of sp³-hybridized carbons (Fsp3) is 0.0714. The van der Waals surface area contributed by atoms with Gasteiger partial charge in [0.25, 0.3) is 14.7 Å². The van der Waals surface area contributed by atoms with E-state index in [1.807, 2.05) is 0 Å². The highest BCUT2D eigenvalue weighted by Gasteiger charge is 2.19. The molecule has 2 aromatic rings. The molecule has 2 rings (SSSR count). The highest BCUT2D eigenvalue weighted by Crippen LogP contribution is 2.25. The Balaban J connectivity index is 0.000000280. The Morgan fingerprint density at radius 2 is 1.61 bits per heavy atom. The normalized spacial score (nSPS) is 11.1. The number of nitro groups is 1. The molecule has 0 saturated heterocycles. The lowest BCUT2D eigenvalue weighted by Gasteiger charge is -2.01. The first-order chi connectivity index (χ1) is 12.7. The molecule has 0 radical (unpaired) electrons. The molecule has 0 fully saturated rings. The van der Waals surface area contributed by atoms with Gasteiger partial charge in [-0.3, -0.25) is 14.9 Å². The van der Waals surface area contributed by atoms with Gasteiger partial charge in [-0.2, -0.15) is 8.42 Å². The number of halogens is 2. The van der Waals surface area contributed by atoms with Gasteiger partial charge < -0.3 is 11.1 Å². The van der Waals surface area contributed by atoms with Gasteiger partial charge in [0.15, 0.2) is 0 Å². The molecule has 0 spiro atoms. The van der Waals surface area contributed by atoms with Crippen LogP contribution in [0.2, 0.25) is 0 Å². The second kappa shape index (κ2) is 8.95. The van der Waals surface area contributed by atoms with Gasteiger partial charge in [0.1, 0.15) is 10.6 Å². The van der Waals surface area contributed by atoms with Gasteiger partial charge in [-0.25, -0.2) is 8.42 Å². The first kappa shape index (κ1) is 23.3. The van der Waals surface area contributed by atoms with Gasteiger partial charge in [0.2, 0.25) is 5.91 Å². The number of nitrogens with one attached hydrogen (secondary N) is 1. The van der Waals surface area contributed by atoms with Crippen LogP contribution in [0.25, 0.3) is 0 Å². The Labute approximate surface area is 163 Å². The summed E-state index contributed by atoms with van der Waals surface area (Å²) in [6, 6.07) is 7.99. The third-order valence-electron chi connectivity index (χ3n) is 2.94. The number of nitrogens with zero attached hydrogens (tertiary/aromatic N) is 1. The molecule has 0 saturated carbocycles. The number of nitrogens with two attached hydrogens (primary N) is 1. The summed E-state index contributed by atoms with van der Waals surface area (Å²) in [7, 11) is -3.52. The minimum atomic E-state index is -4.94. The Morgan fingerprint density at radius 3 is 2.00 bits per heavy atom. The van der Waals surface area contributed by atoms with E-state index in [0.29, 0.717) is 11.8 Å². The molecule has 0 heterocycles. The van der Waals surface area contributed by atoms with Crippen molar-refractivity contribution < 1.29 is 30.4 Å². The highest BCUT2D eigenvalue weighted by molar-refractivity contribution is 8.13. The zero-order chi connectivity index (χ0) is 21.7. The molecule has 0 unspecified atom stereocenters. The summed E-state index contributed by atoms with van der Waals surface area (Å²) in [6.07, 6.45) is 0. The maximum atomic E-state index is 12.4. The lowest BCUT2D eigenvalue weighted by Crippen LogP contribution is -2.05. The van der Waals surface area contributed by atoms with Crippen LogP contribution in [-0.4, -0.2) is 27.7 Å². The van der Waals surface area contributed by atoms with Crippen molar-refractivity contribution in [2.45, 2.75) is 16.7 Å². The van der Waals surface area contributed by atoms with Crippen molar-refractivity contribution in [3.8, 4) is 0 Å². The second-order valence-corrected chi connectivity index (χ2v) is 8.97. The topological polar surface area (TPSA) is 167 Å². The lowest BCUT2D eigenvalue weighted by molar-refractivity contribution is -0.384. The molecule has 0 aromatic heterocycles. The number of hydrogen-bond acceptors (Lipinski definition) is 8. The molecular formula is C14H13ClFN3O7S2. The minimum Gasteiger partial charge on any atom is -0.393 e. The van der Waals surface area contributed by atoms with Crippen molar-refractivity contribution in [1.29, 1.82) is 0 Å². The van der Waals surface area contributed by atoms with Crippen LogP contribution in [0.4, 0.5) is 20.9 Å². The Bertz CT molecular complexity index is 1100. The van der Waals surface area contributed by atoms with Crippen LogP contribution in [0, 0.1) is 10.1 Å². The Hall–Kier alpha value is -2.77. The Morgan fingerprint density at radius 1 is 1.11 bits per heavy atom. The fourth-order valence-corrected chi connectivity index (χ4v) is 2.99. The van der Waals surface area contributed by atoms with Crippen LogP contribution >= 0.6 is 10.7 Å². The van der Waals surface area contributed by atoms with E-state index in [2.05, 4.69) is 5.32 Å². The summed E-state index contributed by atoms with van der Waals surface area (Å²) in [4.78, 5) is 19.3. The van der Waals surface area contributed by atoms with Gasteiger partial charge in [0.05, 0.1) is 9.82 Å². The highest BCUT2D eigenvalue weighted by atomic mass is 35.7. The molecule has 0 atom stereocenters. The third-order valence-corrected chi connectivity index (χ3v) is 5.12. The Kier molecular flexibility index (Phi) is 7.43. The standard InChI is InChI=1S/C8H8ClNO3S.C6H5FN2O4S/c1-6(11)10-7-2-4-8(5-3-7)14(9,12)13;7-14(12,13)4-1-2-5(8)6(3-4)9(10)11/h2-5H,1H3,(H,10,11);1-3H,8H2. The monoisotopic (exact) mass is 453 g/mol. The van der Waals surface area contributed by atoms with Gasteiger partial charge in [-0.1, -0.05) is 0 Å². The van der Waals surface area contributed by atoms with E-state index in [4.69, 9.17) is 16.4 Å². The molecule has 0 aliphatic heterocycles. The van der Waals surface area contributed by atoms with Crippen molar-refractivity contribution in [3.05, 3.63) is 52.6 Å². The number of nitro benzene ring substituents is 1. The second-order valence-electron chi connectivity index (χ2n) is 5.06. The molecule has 10 nitrogen and oxygen atoms in total. The zero-order valence-electron chi connectivity index (χ0n) is 14.0. The summed E-state index contributed by atoms with van der Waals surface area (Å²) >= 11 is 0. The summed E-state index contributed by atoms with van der Waals surface area (Å²) in [6.45, 7) is 1.37. The fourth-order valence-electron chi connectivity index (χ4n) is 1.74. The molecular weight excluding hydrogens is 441 g/mol. The van der Waals surface area contributed by atoms with Crippen LogP contribution < -0.4 is 11.1 Å². The maximum absolute atomic E-state index is 12.4. The molecule has 0 aliphatic carbocycles. The largest absolute Gasteiger partial charge is 0.393 e. The van der Waals surface area contributed by atoms with Crippen molar-refractivity contribution in [1.82, 2.24) is 0 Å². The number of anilines is 2. The number of carbonyl (C=O) groups excluding carboxylic acids is 1. The van der Waals surface area contributed by atoms with E-state index in [0.717, 1.165) is 12.1 Å². The van der Waals surface area contributed by atoms with E-state index < -0.39 is 34.8 Å². The number of carbonyl (C=O) groups is 1. The quantitative estimate of drug-likeness (QED) is 0.308. The van der Waals surface area contributed by atoms with E-state index >= 15 is 0 Å². The first-order valence-electron chi connectivity index (χ1n) is 7.02. The first-order valence-corrected chi connectivity index (χ1v) is 10.7. The number of hydrogen-bond donors (Lipinski definition) is 2. The predicted molar refractivity (Wildman–Crippen MR) is 99.6 cm³/mol. The van der Waals surface area contributed by atoms with E-state index in [-0.39, 0.29) is 16.5 Å². The van der Waals surface area contributed by atoms with E-state index in [1.54, 1.807) is 0 Å². The van der Waals surface area contributed by atoms with E-state index in [9.17, 15) is 35.6 Å². The average Bonchev–Trinajstić information content (AvgIpc) is 2.53. The van der Waals surface area contributed by atoms with Gasteiger partial charge in [0, 0.05) is 29.4 Å². The predicted octanol–water partition coefficient (Wildman–Crippen LogP) is 2.41. The smallest absolute Gasteiger partial charge is 0.332 e. The maximum Gasteiger partial charge on any atom is 0.332 e. The number of amides is 1. The van der Waals surface area contributed by atoms with Gasteiger partial charge in [-0.05, 0) is 36.4 Å². The molecule has 2 aromatic carbocycles. The summed E-state index contributed by atoms with van der Waals surface area (Å²) in [5.41, 5.74) is 4.85. The van der Waals surface area contributed by atoms with Crippen molar-refractivity contribution in [2.75, 3.05) is 11.1 Å². The number of nitrogen functional groups attached to an aromatic ring is 1. The number of benzene rings is 2. The van der Waals surface area contributed by atoms with Gasteiger partial charge >= 0.3 is 10.2 Å². The molecule has 1 amide bonds. The van der Waals surface area contributed by atoms with Crippen LogP contribution in [0.5, 0.6) is 0 Å². The molecule has 0 bridgehead atoms. The van der Waals surface area contributed by atoms with Crippen LogP contribution in [0.3, 0.4) is 0 Å². The molecule has 14 heteroatoms. The third kappa shape index (κ3) is 7.09. The average molecular weight is 454 g/mol. The van der Waals surface area contributed by atoms with Crippen LogP contribution in [0.15, 0.2) is 52.3 Å². The molecule has 0 aliphatic rings. The van der Waals surface area contributed by atoms with Crippen LogP contribution in [-0.2, 0) is 24.1 Å². The molecule has 152 valence electrons. The summed E-state index contributed by atoms with van der Waals surface area (Å²) in [5, 5.41) is 12.8. The summed E-state index contributed by atoms with van der Waals surface area (Å²) in [5.74, 6) is -0.216. The van der Waals surface area contributed by atoms with Crippen molar-refractivity contribution in [2.24, 2.45) is 0 Å². The molecule has 28 heavy (non-hydrogen) atoms. The summed E-state index contributed by atoms with van der Waals surface area (Å²) < 4.78 is 54.9. The molecule has 3 N–H and O–H groups in total. The SMILES string of the molecule is CC(=O)Nc1ccc(S(=O)(=O)Cl)cc1.Nc1ccc(S(=O)(=O)F)cc1[N+](=O)[O-]. The number of rotatable bonds is 4. The van der Waals surface area contributed by atoms with Crippen LogP contribution in [0.1, 0.15) is 6.92 Å². The zero-order valence-corrected chi connectivity index (χ0v) is 16.4. The van der Waals surface area contributed by atoms with Crippen molar-refractivity contribution >= 4 is 52.9 Å². The van der Waals surface area contributed by atoms with Crippen molar-refractivity contribution in [3.63, 3.8) is 0 Å². The minimum absolute atomic E-state index is 0.00766. The van der Waals surface area contributed by atoms with Gasteiger partial charge in [-0.15, -0.1) is 3.89 Å². The lowest BCUT2D eigenvalue weighted by atomic mass is 10.3.